The van der Waals surface area contributed by atoms with Crippen molar-refractivity contribution in [3.8, 4) is 0 Å². The van der Waals surface area contributed by atoms with Crippen LogP contribution in [0.5, 0.6) is 0 Å². The third kappa shape index (κ3) is 4.23. The van der Waals surface area contributed by atoms with Gasteiger partial charge in [0.05, 0.1) is 17.3 Å². The van der Waals surface area contributed by atoms with Gasteiger partial charge in [-0.25, -0.2) is 0 Å². The molecule has 1 heterocycles. The predicted octanol–water partition coefficient (Wildman–Crippen LogP) is 2.51. The molecule has 0 aliphatic heterocycles. The van der Waals surface area contributed by atoms with E-state index in [0.29, 0.717) is 11.6 Å². The smallest absolute Gasteiger partial charge is 0.325 e. The van der Waals surface area contributed by atoms with Crippen molar-refractivity contribution >= 4 is 23.3 Å². The van der Waals surface area contributed by atoms with Crippen molar-refractivity contribution in [3.63, 3.8) is 0 Å². The van der Waals surface area contributed by atoms with Gasteiger partial charge in [-0.1, -0.05) is 18.5 Å². The van der Waals surface area contributed by atoms with Crippen LogP contribution in [0.15, 0.2) is 18.5 Å². The van der Waals surface area contributed by atoms with Crippen LogP contribution in [-0.4, -0.2) is 30.6 Å². The summed E-state index contributed by atoms with van der Waals surface area (Å²) in [5, 5.41) is 0.547. The Labute approximate surface area is 107 Å². The van der Waals surface area contributed by atoms with Gasteiger partial charge in [0, 0.05) is 18.9 Å². The largest absolute Gasteiger partial charge is 0.465 e. The highest BCUT2D eigenvalue weighted by atomic mass is 35.5. The Balaban J connectivity index is 2.78. The molecule has 0 radical (unpaired) electrons. The molecule has 1 aromatic rings. The number of hydrogen-bond acceptors (Lipinski definition) is 4. The predicted molar refractivity (Wildman–Crippen MR) is 68.4 cm³/mol. The fourth-order valence-electron chi connectivity index (χ4n) is 1.54. The lowest BCUT2D eigenvalue weighted by Crippen LogP contribution is -2.31. The van der Waals surface area contributed by atoms with E-state index in [-0.39, 0.29) is 12.5 Å². The quantitative estimate of drug-likeness (QED) is 0.734. The molecular formula is C12H17ClN2O2. The number of nitrogens with zero attached hydrogens (tertiary/aromatic N) is 2. The van der Waals surface area contributed by atoms with E-state index < -0.39 is 0 Å². The number of aromatic nitrogens is 1. The summed E-state index contributed by atoms with van der Waals surface area (Å²) in [5.41, 5.74) is 0.816. The van der Waals surface area contributed by atoms with E-state index >= 15 is 0 Å². The van der Waals surface area contributed by atoms with E-state index in [4.69, 9.17) is 16.3 Å². The number of anilines is 1. The molecule has 0 amide bonds. The highest BCUT2D eigenvalue weighted by Gasteiger charge is 2.14. The molecule has 0 saturated heterocycles. The summed E-state index contributed by atoms with van der Waals surface area (Å²) in [6.07, 6.45) is 4.16. The van der Waals surface area contributed by atoms with E-state index in [2.05, 4.69) is 4.98 Å². The molecule has 17 heavy (non-hydrogen) atoms. The molecule has 0 aliphatic rings. The number of carbonyl (C=O) groups excluding carboxylic acids is 1. The summed E-state index contributed by atoms with van der Waals surface area (Å²) in [5.74, 6) is -0.242. The first-order valence-corrected chi connectivity index (χ1v) is 6.06. The Morgan fingerprint density at radius 2 is 2.29 bits per heavy atom. The second-order valence-corrected chi connectivity index (χ2v) is 3.96. The first kappa shape index (κ1) is 13.8. The van der Waals surface area contributed by atoms with Gasteiger partial charge in [0.15, 0.2) is 0 Å². The lowest BCUT2D eigenvalue weighted by atomic mass is 10.3. The average Bonchev–Trinajstić information content (AvgIpc) is 2.29. The van der Waals surface area contributed by atoms with Crippen molar-refractivity contribution < 1.29 is 9.53 Å². The number of carbonyl (C=O) groups is 1. The maximum Gasteiger partial charge on any atom is 0.325 e. The number of ether oxygens (including phenoxy) is 1. The lowest BCUT2D eigenvalue weighted by Gasteiger charge is -2.23. The minimum absolute atomic E-state index is 0.214. The highest BCUT2D eigenvalue weighted by Crippen LogP contribution is 2.24. The van der Waals surface area contributed by atoms with Gasteiger partial charge in [0.25, 0.3) is 0 Å². The second kappa shape index (κ2) is 7.12. The van der Waals surface area contributed by atoms with Crippen molar-refractivity contribution in [2.75, 3.05) is 24.6 Å². The van der Waals surface area contributed by atoms with E-state index in [1.165, 1.54) is 0 Å². The maximum absolute atomic E-state index is 11.5. The van der Waals surface area contributed by atoms with Crippen molar-refractivity contribution in [1.29, 1.82) is 0 Å². The molecule has 4 nitrogen and oxygen atoms in total. The van der Waals surface area contributed by atoms with E-state index in [1.54, 1.807) is 25.4 Å². The molecule has 0 atom stereocenters. The summed E-state index contributed by atoms with van der Waals surface area (Å²) in [7, 11) is 0. The van der Waals surface area contributed by atoms with Crippen LogP contribution >= 0.6 is 11.6 Å². The molecule has 0 bridgehead atoms. The van der Waals surface area contributed by atoms with Gasteiger partial charge in [-0.2, -0.15) is 0 Å². The third-order valence-corrected chi connectivity index (χ3v) is 2.50. The highest BCUT2D eigenvalue weighted by molar-refractivity contribution is 6.33. The summed E-state index contributed by atoms with van der Waals surface area (Å²) in [4.78, 5) is 17.3. The Morgan fingerprint density at radius 3 is 2.88 bits per heavy atom. The van der Waals surface area contributed by atoms with Crippen LogP contribution in [0.3, 0.4) is 0 Å². The van der Waals surface area contributed by atoms with Crippen molar-refractivity contribution in [2.24, 2.45) is 0 Å². The van der Waals surface area contributed by atoms with Crippen LogP contribution < -0.4 is 4.90 Å². The Morgan fingerprint density at radius 1 is 1.53 bits per heavy atom. The Bertz CT molecular complexity index is 371. The second-order valence-electron chi connectivity index (χ2n) is 3.55. The van der Waals surface area contributed by atoms with Gasteiger partial charge in [0.1, 0.15) is 6.54 Å². The summed E-state index contributed by atoms with van der Waals surface area (Å²) in [6.45, 7) is 5.20. The van der Waals surface area contributed by atoms with E-state index in [9.17, 15) is 4.79 Å². The SMILES string of the molecule is CCCN(CC(=O)OCC)c1ccncc1Cl. The van der Waals surface area contributed by atoms with Crippen LogP contribution in [0, 0.1) is 0 Å². The number of rotatable bonds is 6. The van der Waals surface area contributed by atoms with Gasteiger partial charge in [0.2, 0.25) is 0 Å². The topological polar surface area (TPSA) is 42.4 Å². The number of esters is 1. The molecule has 1 rings (SSSR count). The first-order chi connectivity index (χ1) is 8.19. The number of hydrogen-bond donors (Lipinski definition) is 0. The Kier molecular flexibility index (Phi) is 5.77. The van der Waals surface area contributed by atoms with Crippen molar-refractivity contribution in [2.45, 2.75) is 20.3 Å². The molecule has 0 aliphatic carbocycles. The standard InChI is InChI=1S/C12H17ClN2O2/c1-3-7-15(9-12(16)17-4-2)11-5-6-14-8-10(11)13/h5-6,8H,3-4,7,9H2,1-2H3. The van der Waals surface area contributed by atoms with Gasteiger partial charge < -0.3 is 9.64 Å². The van der Waals surface area contributed by atoms with Crippen LogP contribution in [0.2, 0.25) is 5.02 Å². The molecule has 0 aromatic carbocycles. The van der Waals surface area contributed by atoms with Crippen LogP contribution in [0.1, 0.15) is 20.3 Å². The monoisotopic (exact) mass is 256 g/mol. The van der Waals surface area contributed by atoms with Gasteiger partial charge in [-0.3, -0.25) is 9.78 Å². The summed E-state index contributed by atoms with van der Waals surface area (Å²) >= 11 is 6.06. The molecule has 94 valence electrons. The van der Waals surface area contributed by atoms with Gasteiger partial charge in [-0.15, -0.1) is 0 Å². The number of pyridine rings is 1. The molecule has 0 saturated carbocycles. The van der Waals surface area contributed by atoms with Crippen molar-refractivity contribution in [3.05, 3.63) is 23.5 Å². The fourth-order valence-corrected chi connectivity index (χ4v) is 1.78. The minimum atomic E-state index is -0.242. The molecular weight excluding hydrogens is 240 g/mol. The average molecular weight is 257 g/mol. The molecule has 0 N–H and O–H groups in total. The summed E-state index contributed by atoms with van der Waals surface area (Å²) < 4.78 is 4.94. The Hall–Kier alpha value is -1.29. The minimum Gasteiger partial charge on any atom is -0.465 e. The molecule has 5 heteroatoms. The van der Waals surface area contributed by atoms with E-state index in [0.717, 1.165) is 18.7 Å². The number of halogens is 1. The first-order valence-electron chi connectivity index (χ1n) is 5.69. The molecule has 1 aromatic heterocycles. The molecule has 0 fully saturated rings. The van der Waals surface area contributed by atoms with Gasteiger partial charge in [-0.05, 0) is 19.4 Å². The zero-order chi connectivity index (χ0) is 12.7. The maximum atomic E-state index is 11.5. The van der Waals surface area contributed by atoms with Crippen LogP contribution in [0.25, 0.3) is 0 Å². The van der Waals surface area contributed by atoms with Crippen molar-refractivity contribution in [1.82, 2.24) is 4.98 Å². The molecule has 0 spiro atoms. The normalized spacial score (nSPS) is 10.1. The van der Waals surface area contributed by atoms with Crippen LogP contribution in [-0.2, 0) is 9.53 Å². The van der Waals surface area contributed by atoms with Crippen LogP contribution in [0.4, 0.5) is 5.69 Å². The third-order valence-electron chi connectivity index (χ3n) is 2.21. The fraction of sp³-hybridized carbons (Fsp3) is 0.500. The summed E-state index contributed by atoms with van der Waals surface area (Å²) in [6, 6.07) is 1.80. The molecule has 0 unspecified atom stereocenters. The zero-order valence-electron chi connectivity index (χ0n) is 10.1. The van der Waals surface area contributed by atoms with E-state index in [1.807, 2.05) is 11.8 Å². The lowest BCUT2D eigenvalue weighted by molar-refractivity contribution is -0.141. The van der Waals surface area contributed by atoms with Gasteiger partial charge >= 0.3 is 5.97 Å². The zero-order valence-corrected chi connectivity index (χ0v) is 10.9.